The van der Waals surface area contributed by atoms with Crippen LogP contribution in [0.25, 0.3) is 0 Å². The zero-order valence-corrected chi connectivity index (χ0v) is 19.6. The molecule has 3 rings (SSSR count). The van der Waals surface area contributed by atoms with E-state index < -0.39 is 0 Å². The first-order valence-corrected chi connectivity index (χ1v) is 11.4. The summed E-state index contributed by atoms with van der Waals surface area (Å²) < 4.78 is 13.3. The van der Waals surface area contributed by atoms with Gasteiger partial charge in [0.25, 0.3) is 0 Å². The van der Waals surface area contributed by atoms with Crippen LogP contribution in [0.15, 0.2) is 35.3 Å². The van der Waals surface area contributed by atoms with Gasteiger partial charge in [0.05, 0.1) is 26.4 Å². The lowest BCUT2D eigenvalue weighted by Gasteiger charge is -2.27. The van der Waals surface area contributed by atoms with Crippen LogP contribution < -0.4 is 10.6 Å². The van der Waals surface area contributed by atoms with Crippen molar-refractivity contribution in [3.63, 3.8) is 0 Å². The Hall–Kier alpha value is -2.49. The molecule has 0 amide bonds. The van der Waals surface area contributed by atoms with Crippen LogP contribution in [0.2, 0.25) is 0 Å². The Balaban J connectivity index is 1.46. The summed E-state index contributed by atoms with van der Waals surface area (Å²) in [6.07, 6.45) is 0. The highest BCUT2D eigenvalue weighted by molar-refractivity contribution is 5.79. The number of nitrogens with one attached hydrogen (secondary N) is 2. The van der Waals surface area contributed by atoms with Crippen molar-refractivity contribution in [3.8, 4) is 0 Å². The van der Waals surface area contributed by atoms with Gasteiger partial charge in [-0.15, -0.1) is 10.2 Å². The molecule has 0 saturated carbocycles. The minimum atomic E-state index is 0.349. The van der Waals surface area contributed by atoms with Gasteiger partial charge in [-0.3, -0.25) is 4.90 Å². The van der Waals surface area contributed by atoms with Gasteiger partial charge in [0, 0.05) is 39.8 Å². The molecule has 1 aromatic carbocycles. The molecule has 1 atom stereocenters. The molecule has 32 heavy (non-hydrogen) atoms. The second-order valence-electron chi connectivity index (χ2n) is 8.25. The van der Waals surface area contributed by atoms with Crippen molar-refractivity contribution in [2.45, 2.75) is 27.0 Å². The molecule has 2 N–H and O–H groups in total. The van der Waals surface area contributed by atoms with Gasteiger partial charge < -0.3 is 24.7 Å². The molecule has 9 nitrogen and oxygen atoms in total. The van der Waals surface area contributed by atoms with Crippen molar-refractivity contribution >= 4 is 5.96 Å². The first-order chi connectivity index (χ1) is 15.6. The number of morpholine rings is 1. The van der Waals surface area contributed by atoms with E-state index in [9.17, 15) is 0 Å². The van der Waals surface area contributed by atoms with Crippen molar-refractivity contribution in [3.05, 3.63) is 47.5 Å². The number of aryl methyl sites for hydroxylation is 1. The van der Waals surface area contributed by atoms with Crippen LogP contribution in [-0.2, 0) is 29.7 Å². The van der Waals surface area contributed by atoms with E-state index in [4.69, 9.17) is 14.5 Å². The predicted octanol–water partition coefficient (Wildman–Crippen LogP) is 1.34. The van der Waals surface area contributed by atoms with Gasteiger partial charge in [-0.05, 0) is 18.4 Å². The molecule has 1 fully saturated rings. The fraction of sp³-hybridized carbons (Fsp3) is 0.609. The number of guanidine groups is 1. The number of aromatic nitrogens is 3. The Kier molecular flexibility index (Phi) is 9.93. The number of hydrogen-bond donors (Lipinski definition) is 2. The Morgan fingerprint density at radius 3 is 2.69 bits per heavy atom. The first-order valence-electron chi connectivity index (χ1n) is 11.4. The number of nitrogens with zero attached hydrogens (tertiary/aromatic N) is 5. The van der Waals surface area contributed by atoms with Gasteiger partial charge in [0.2, 0.25) is 0 Å². The number of ether oxygens (including phenoxy) is 2. The van der Waals surface area contributed by atoms with Crippen LogP contribution in [0.4, 0.5) is 0 Å². The van der Waals surface area contributed by atoms with Gasteiger partial charge in [-0.1, -0.05) is 37.3 Å². The maximum atomic E-state index is 5.88. The highest BCUT2D eigenvalue weighted by Crippen LogP contribution is 2.03. The van der Waals surface area contributed by atoms with Crippen LogP contribution in [0.1, 0.15) is 24.1 Å². The zero-order chi connectivity index (χ0) is 22.6. The average Bonchev–Trinajstić information content (AvgIpc) is 3.14. The molecule has 1 aliphatic heterocycles. The summed E-state index contributed by atoms with van der Waals surface area (Å²) in [5.74, 6) is 2.86. The summed E-state index contributed by atoms with van der Waals surface area (Å²) in [5, 5.41) is 15.3. The maximum absolute atomic E-state index is 5.88. The van der Waals surface area contributed by atoms with Gasteiger partial charge >= 0.3 is 0 Å². The lowest BCUT2D eigenvalue weighted by atomic mass is 10.2. The molecule has 9 heteroatoms. The van der Waals surface area contributed by atoms with E-state index in [2.05, 4.69) is 44.8 Å². The topological polar surface area (TPSA) is 88.8 Å². The van der Waals surface area contributed by atoms with Crippen LogP contribution >= 0.6 is 0 Å². The second-order valence-corrected chi connectivity index (χ2v) is 8.25. The third kappa shape index (κ3) is 8.22. The number of aliphatic imine (C=N–C) groups is 1. The molecule has 1 aromatic heterocycles. The quantitative estimate of drug-likeness (QED) is 0.400. The third-order valence-electron chi connectivity index (χ3n) is 5.52. The van der Waals surface area contributed by atoms with E-state index in [1.54, 1.807) is 0 Å². The summed E-state index contributed by atoms with van der Waals surface area (Å²) in [6.45, 7) is 12.1. The Morgan fingerprint density at radius 2 is 1.97 bits per heavy atom. The van der Waals surface area contributed by atoms with Gasteiger partial charge in [0.15, 0.2) is 11.8 Å². The van der Waals surface area contributed by atoms with Gasteiger partial charge in [-0.2, -0.15) is 0 Å². The molecule has 0 aliphatic carbocycles. The summed E-state index contributed by atoms with van der Waals surface area (Å²) in [4.78, 5) is 7.14. The summed E-state index contributed by atoms with van der Waals surface area (Å²) in [7, 11) is 1.96. The lowest BCUT2D eigenvalue weighted by molar-refractivity contribution is 0.0389. The largest absolute Gasteiger partial charge is 0.379 e. The zero-order valence-electron chi connectivity index (χ0n) is 19.6. The molecule has 1 saturated heterocycles. The molecule has 1 aliphatic rings. The summed E-state index contributed by atoms with van der Waals surface area (Å²) in [6, 6.07) is 10.3. The van der Waals surface area contributed by atoms with Crippen molar-refractivity contribution in [2.75, 3.05) is 52.5 Å². The number of hydrogen-bond acceptors (Lipinski definition) is 6. The van der Waals surface area contributed by atoms with Crippen molar-refractivity contribution in [1.82, 2.24) is 30.3 Å². The number of benzene rings is 1. The highest BCUT2D eigenvalue weighted by Gasteiger charge is 2.11. The molecule has 2 heterocycles. The van der Waals surface area contributed by atoms with Crippen LogP contribution in [0, 0.1) is 12.8 Å². The van der Waals surface area contributed by atoms with E-state index in [-0.39, 0.29) is 0 Å². The predicted molar refractivity (Wildman–Crippen MR) is 125 cm³/mol. The van der Waals surface area contributed by atoms with Crippen LogP contribution in [0.5, 0.6) is 0 Å². The third-order valence-corrected chi connectivity index (χ3v) is 5.52. The van der Waals surface area contributed by atoms with E-state index in [1.807, 2.05) is 36.7 Å². The molecular formula is C23H37N7O2. The minimum Gasteiger partial charge on any atom is -0.379 e. The summed E-state index contributed by atoms with van der Waals surface area (Å²) >= 11 is 0. The van der Waals surface area contributed by atoms with E-state index in [1.165, 1.54) is 5.56 Å². The molecule has 0 bridgehead atoms. The fourth-order valence-corrected chi connectivity index (χ4v) is 3.35. The van der Waals surface area contributed by atoms with Crippen molar-refractivity contribution in [1.29, 1.82) is 0 Å². The summed E-state index contributed by atoms with van der Waals surface area (Å²) in [5.41, 5.74) is 1.19. The Labute approximate surface area is 191 Å². The second kappa shape index (κ2) is 13.1. The molecule has 1 unspecified atom stereocenters. The Morgan fingerprint density at radius 1 is 1.19 bits per heavy atom. The van der Waals surface area contributed by atoms with Crippen LogP contribution in [-0.4, -0.2) is 78.2 Å². The monoisotopic (exact) mass is 443 g/mol. The van der Waals surface area contributed by atoms with Gasteiger partial charge in [-0.25, -0.2) is 4.99 Å². The Bertz CT molecular complexity index is 819. The molecule has 0 spiro atoms. The smallest absolute Gasteiger partial charge is 0.191 e. The van der Waals surface area contributed by atoms with Crippen molar-refractivity contribution in [2.24, 2.45) is 18.0 Å². The SMILES string of the molecule is Cc1nnc(CN=C(NCCN2CCOCC2)NCC(C)COCc2ccccc2)n1C. The molecule has 176 valence electrons. The standard InChI is InChI=1S/C23H37N7O2/c1-19(17-32-18-21-7-5-4-6-8-21)15-25-23(24-9-10-30-11-13-31-14-12-30)26-16-22-28-27-20(2)29(22)3/h4-8,19H,9-18H2,1-3H3,(H2,24,25,26). The molecular weight excluding hydrogens is 406 g/mol. The van der Waals surface area contributed by atoms with E-state index >= 15 is 0 Å². The van der Waals surface area contributed by atoms with E-state index in [0.717, 1.165) is 63.5 Å². The van der Waals surface area contributed by atoms with Crippen LogP contribution in [0.3, 0.4) is 0 Å². The van der Waals surface area contributed by atoms with Crippen molar-refractivity contribution < 1.29 is 9.47 Å². The minimum absolute atomic E-state index is 0.349. The molecule has 2 aromatic rings. The van der Waals surface area contributed by atoms with E-state index in [0.29, 0.717) is 25.7 Å². The lowest BCUT2D eigenvalue weighted by Crippen LogP contribution is -2.45. The number of rotatable bonds is 11. The first kappa shape index (κ1) is 24.2. The fourth-order valence-electron chi connectivity index (χ4n) is 3.35. The molecule has 0 radical (unpaired) electrons. The van der Waals surface area contributed by atoms with Gasteiger partial charge in [0.1, 0.15) is 12.4 Å². The average molecular weight is 444 g/mol. The maximum Gasteiger partial charge on any atom is 0.191 e. The highest BCUT2D eigenvalue weighted by atomic mass is 16.5. The normalized spacial score (nSPS) is 16.2.